The molecule has 0 heterocycles. The van der Waals surface area contributed by atoms with Crippen LogP contribution in [0.4, 0.5) is 11.4 Å². The van der Waals surface area contributed by atoms with Crippen LogP contribution < -0.4 is 10.6 Å². The first kappa shape index (κ1) is 22.5. The van der Waals surface area contributed by atoms with Crippen molar-refractivity contribution >= 4 is 40.9 Å². The van der Waals surface area contributed by atoms with E-state index in [2.05, 4.69) is 10.6 Å². The third-order valence-corrected chi connectivity index (χ3v) is 5.24. The Labute approximate surface area is 175 Å². The molecule has 0 spiro atoms. The van der Waals surface area contributed by atoms with Crippen LogP contribution in [-0.2, 0) is 14.3 Å². The van der Waals surface area contributed by atoms with Gasteiger partial charge in [-0.05, 0) is 43.7 Å². The highest BCUT2D eigenvalue weighted by atomic mass is 32.2. The summed E-state index contributed by atoms with van der Waals surface area (Å²) in [4.78, 5) is 37.2. The maximum Gasteiger partial charge on any atom is 0.339 e. The van der Waals surface area contributed by atoms with Crippen molar-refractivity contribution in [1.82, 2.24) is 0 Å². The van der Waals surface area contributed by atoms with Gasteiger partial charge in [0.15, 0.2) is 0 Å². The molecule has 0 aliphatic rings. The summed E-state index contributed by atoms with van der Waals surface area (Å²) in [6.45, 7) is 3.83. The number of thioether (sulfide) groups is 1. The molecule has 2 rings (SSSR count). The van der Waals surface area contributed by atoms with Crippen LogP contribution in [0.1, 0.15) is 43.5 Å². The lowest BCUT2D eigenvalue weighted by molar-refractivity contribution is -0.116. The number of carbonyl (C=O) groups excluding carboxylic acids is 3. The minimum absolute atomic E-state index is 0.0146. The number of methoxy groups -OCH3 is 1. The summed E-state index contributed by atoms with van der Waals surface area (Å²) in [5, 5.41) is 5.26. The topological polar surface area (TPSA) is 84.5 Å². The minimum atomic E-state index is -0.507. The van der Waals surface area contributed by atoms with E-state index >= 15 is 0 Å². The predicted octanol–water partition coefficient (Wildman–Crippen LogP) is 4.72. The number of benzene rings is 2. The fraction of sp³-hybridized carbons (Fsp3) is 0.318. The quantitative estimate of drug-likeness (QED) is 0.458. The highest BCUT2D eigenvalue weighted by Gasteiger charge is 2.18. The molecule has 1 unspecified atom stereocenters. The number of ether oxygens (including phenoxy) is 1. The van der Waals surface area contributed by atoms with E-state index in [0.717, 1.165) is 17.7 Å². The molecule has 0 saturated carbocycles. The molecule has 0 aliphatic carbocycles. The Morgan fingerprint density at radius 1 is 1.07 bits per heavy atom. The summed E-state index contributed by atoms with van der Waals surface area (Å²) in [7, 11) is 1.30. The molecule has 154 valence electrons. The highest BCUT2D eigenvalue weighted by Crippen LogP contribution is 2.27. The SMILES string of the molecule is CCCCC(=O)Nc1cccc(SC(C)C(=O)Nc2ccccc2C(=O)OC)c1. The monoisotopic (exact) mass is 414 g/mol. The smallest absolute Gasteiger partial charge is 0.339 e. The van der Waals surface area contributed by atoms with Gasteiger partial charge in [0.05, 0.1) is 23.6 Å². The molecule has 2 aromatic rings. The highest BCUT2D eigenvalue weighted by molar-refractivity contribution is 8.00. The van der Waals surface area contributed by atoms with E-state index in [0.29, 0.717) is 23.4 Å². The lowest BCUT2D eigenvalue weighted by Crippen LogP contribution is -2.23. The van der Waals surface area contributed by atoms with Gasteiger partial charge in [0.2, 0.25) is 11.8 Å². The molecule has 0 aliphatic heterocycles. The van der Waals surface area contributed by atoms with Crippen molar-refractivity contribution in [3.05, 3.63) is 54.1 Å². The molecule has 7 heteroatoms. The molecule has 0 fully saturated rings. The molecule has 6 nitrogen and oxygen atoms in total. The average Bonchev–Trinajstić information content (AvgIpc) is 2.72. The lowest BCUT2D eigenvalue weighted by atomic mass is 10.2. The first-order chi connectivity index (χ1) is 13.9. The van der Waals surface area contributed by atoms with Crippen molar-refractivity contribution in [1.29, 1.82) is 0 Å². The van der Waals surface area contributed by atoms with Gasteiger partial charge in [-0.15, -0.1) is 11.8 Å². The summed E-state index contributed by atoms with van der Waals surface area (Å²) in [6, 6.07) is 14.1. The van der Waals surface area contributed by atoms with Crippen LogP contribution in [0, 0.1) is 0 Å². The first-order valence-corrected chi connectivity index (χ1v) is 10.4. The zero-order chi connectivity index (χ0) is 21.2. The predicted molar refractivity (Wildman–Crippen MR) is 116 cm³/mol. The van der Waals surface area contributed by atoms with Gasteiger partial charge in [0.25, 0.3) is 0 Å². The Morgan fingerprint density at radius 3 is 2.55 bits per heavy atom. The molecule has 2 N–H and O–H groups in total. The Hall–Kier alpha value is -2.80. The summed E-state index contributed by atoms with van der Waals surface area (Å²) in [5.41, 5.74) is 1.42. The average molecular weight is 415 g/mol. The molecule has 0 saturated heterocycles. The van der Waals surface area contributed by atoms with Gasteiger partial charge in [-0.3, -0.25) is 9.59 Å². The maximum atomic E-state index is 12.6. The van der Waals surface area contributed by atoms with Crippen molar-refractivity contribution < 1.29 is 19.1 Å². The molecule has 2 amide bonds. The van der Waals surface area contributed by atoms with E-state index in [9.17, 15) is 14.4 Å². The van der Waals surface area contributed by atoms with Gasteiger partial charge in [-0.25, -0.2) is 4.79 Å². The number of esters is 1. The van der Waals surface area contributed by atoms with Crippen LogP contribution in [0.15, 0.2) is 53.4 Å². The van der Waals surface area contributed by atoms with Gasteiger partial charge in [0.1, 0.15) is 0 Å². The molecule has 0 aromatic heterocycles. The van der Waals surface area contributed by atoms with Crippen LogP contribution in [0.5, 0.6) is 0 Å². The second kappa shape index (κ2) is 11.3. The van der Waals surface area contributed by atoms with Gasteiger partial charge in [-0.1, -0.05) is 31.5 Å². The number of hydrogen-bond donors (Lipinski definition) is 2. The molecule has 0 radical (unpaired) electrons. The molecular weight excluding hydrogens is 388 g/mol. The van der Waals surface area contributed by atoms with E-state index in [1.54, 1.807) is 31.2 Å². The number of unbranched alkanes of at least 4 members (excludes halogenated alkanes) is 1. The minimum Gasteiger partial charge on any atom is -0.465 e. The van der Waals surface area contributed by atoms with E-state index < -0.39 is 11.2 Å². The molecule has 1 atom stereocenters. The summed E-state index contributed by atoms with van der Waals surface area (Å²) in [6.07, 6.45) is 2.31. The van der Waals surface area contributed by atoms with E-state index in [-0.39, 0.29) is 11.8 Å². The Bertz CT molecular complexity index is 869. The van der Waals surface area contributed by atoms with Gasteiger partial charge in [-0.2, -0.15) is 0 Å². The Morgan fingerprint density at radius 2 is 1.83 bits per heavy atom. The Balaban J connectivity index is 2.01. The first-order valence-electron chi connectivity index (χ1n) is 9.49. The van der Waals surface area contributed by atoms with Crippen molar-refractivity contribution in [2.45, 2.75) is 43.3 Å². The van der Waals surface area contributed by atoms with Gasteiger partial charge < -0.3 is 15.4 Å². The number of anilines is 2. The van der Waals surface area contributed by atoms with Crippen molar-refractivity contribution in [3.63, 3.8) is 0 Å². The zero-order valence-corrected chi connectivity index (χ0v) is 17.7. The van der Waals surface area contributed by atoms with Crippen LogP contribution in [0.2, 0.25) is 0 Å². The maximum absolute atomic E-state index is 12.6. The van der Waals surface area contributed by atoms with Crippen molar-refractivity contribution in [2.24, 2.45) is 0 Å². The third kappa shape index (κ3) is 6.94. The van der Waals surface area contributed by atoms with Crippen LogP contribution in [0.3, 0.4) is 0 Å². The van der Waals surface area contributed by atoms with Crippen LogP contribution >= 0.6 is 11.8 Å². The fourth-order valence-electron chi connectivity index (χ4n) is 2.58. The van der Waals surface area contributed by atoms with Crippen molar-refractivity contribution in [3.8, 4) is 0 Å². The second-order valence-electron chi connectivity index (χ2n) is 6.47. The number of amides is 2. The molecule has 2 aromatic carbocycles. The number of para-hydroxylation sites is 1. The van der Waals surface area contributed by atoms with Crippen LogP contribution in [0.25, 0.3) is 0 Å². The van der Waals surface area contributed by atoms with Crippen molar-refractivity contribution in [2.75, 3.05) is 17.7 Å². The standard InChI is InChI=1S/C22H26N2O4S/c1-4-5-13-20(25)23-16-9-8-10-17(14-16)29-15(2)21(26)24-19-12-7-6-11-18(19)22(27)28-3/h6-12,14-15H,4-5,13H2,1-3H3,(H,23,25)(H,24,26). The van der Waals surface area contributed by atoms with E-state index in [1.165, 1.54) is 18.9 Å². The summed E-state index contributed by atoms with van der Waals surface area (Å²) < 4.78 is 4.75. The summed E-state index contributed by atoms with van der Waals surface area (Å²) in [5.74, 6) is -0.754. The summed E-state index contributed by atoms with van der Waals surface area (Å²) >= 11 is 1.37. The third-order valence-electron chi connectivity index (χ3n) is 4.15. The van der Waals surface area contributed by atoms with Gasteiger partial charge >= 0.3 is 5.97 Å². The van der Waals surface area contributed by atoms with Gasteiger partial charge in [0, 0.05) is 17.0 Å². The van der Waals surface area contributed by atoms with Crippen LogP contribution in [-0.4, -0.2) is 30.1 Å². The number of nitrogens with one attached hydrogen (secondary N) is 2. The fourth-order valence-corrected chi connectivity index (χ4v) is 3.51. The molecule has 29 heavy (non-hydrogen) atoms. The lowest BCUT2D eigenvalue weighted by Gasteiger charge is -2.14. The normalized spacial score (nSPS) is 11.4. The second-order valence-corrected chi connectivity index (χ2v) is 7.88. The molecule has 0 bridgehead atoms. The Kier molecular flexibility index (Phi) is 8.73. The number of carbonyl (C=O) groups is 3. The zero-order valence-electron chi connectivity index (χ0n) is 16.9. The number of rotatable bonds is 9. The molecular formula is C22H26N2O4S. The van der Waals surface area contributed by atoms with E-state index in [4.69, 9.17) is 4.74 Å². The largest absolute Gasteiger partial charge is 0.465 e. The van der Waals surface area contributed by atoms with E-state index in [1.807, 2.05) is 31.2 Å². The number of hydrogen-bond acceptors (Lipinski definition) is 5.